The van der Waals surface area contributed by atoms with Gasteiger partial charge in [0.15, 0.2) is 34.7 Å². The first-order valence-electron chi connectivity index (χ1n) is 13.6. The molecule has 45 heavy (non-hydrogen) atoms. The zero-order valence-corrected chi connectivity index (χ0v) is 26.4. The third-order valence-electron chi connectivity index (χ3n) is 6.99. The van der Waals surface area contributed by atoms with E-state index in [1.54, 1.807) is 22.6 Å². The molecule has 2 aromatic heterocycles. The number of amides is 3. The van der Waals surface area contributed by atoms with E-state index in [0.29, 0.717) is 17.8 Å². The van der Waals surface area contributed by atoms with Crippen molar-refractivity contribution in [2.75, 3.05) is 29.1 Å². The van der Waals surface area contributed by atoms with Crippen LogP contribution in [0.1, 0.15) is 39.4 Å². The summed E-state index contributed by atoms with van der Waals surface area (Å²) in [7, 11) is 1.64. The van der Waals surface area contributed by atoms with Gasteiger partial charge >= 0.3 is 18.0 Å². The Kier molecular flexibility index (Phi) is 9.66. The quantitative estimate of drug-likeness (QED) is 0.0712. The molecule has 2 aromatic rings. The maximum absolute atomic E-state index is 13.4. The summed E-state index contributed by atoms with van der Waals surface area (Å²) in [4.78, 5) is 72.9. The number of Topliss-reactive ketones (excluding diaryl/α,β-unsaturated/α-hetero) is 1. The van der Waals surface area contributed by atoms with E-state index in [2.05, 4.69) is 25.1 Å². The average molecular weight is 666 g/mol. The van der Waals surface area contributed by atoms with E-state index in [1.807, 2.05) is 6.92 Å². The first-order valence-corrected chi connectivity index (χ1v) is 15.4. The van der Waals surface area contributed by atoms with Gasteiger partial charge in [0, 0.05) is 35.8 Å². The number of oxime groups is 1. The van der Waals surface area contributed by atoms with Gasteiger partial charge in [0.2, 0.25) is 23.5 Å². The number of hydrogen-bond donors (Lipinski definition) is 6. The third-order valence-corrected chi connectivity index (χ3v) is 8.93. The summed E-state index contributed by atoms with van der Waals surface area (Å²) in [6.07, 6.45) is 1.93. The number of urea groups is 1. The van der Waals surface area contributed by atoms with Gasteiger partial charge in [0.05, 0.1) is 18.3 Å². The fourth-order valence-electron chi connectivity index (χ4n) is 4.45. The van der Waals surface area contributed by atoms with Gasteiger partial charge in [0.1, 0.15) is 5.70 Å². The number of ketones is 1. The number of hydrogen-bond acceptors (Lipinski definition) is 13. The molecule has 1 unspecified atom stereocenters. The van der Waals surface area contributed by atoms with Gasteiger partial charge in [-0.3, -0.25) is 19.8 Å². The van der Waals surface area contributed by atoms with Crippen LogP contribution in [0.15, 0.2) is 22.6 Å². The van der Waals surface area contributed by atoms with E-state index < -0.39 is 52.3 Å². The number of thioether (sulfide) groups is 1. The summed E-state index contributed by atoms with van der Waals surface area (Å²) >= 11 is 2.07. The molecule has 2 aliphatic rings. The molecule has 2 atom stereocenters. The highest BCUT2D eigenvalue weighted by molar-refractivity contribution is 8.00. The van der Waals surface area contributed by atoms with Crippen LogP contribution >= 0.6 is 23.3 Å². The fraction of sp³-hybridized carbons (Fsp3) is 0.480. The molecule has 20 heteroatoms. The van der Waals surface area contributed by atoms with Crippen LogP contribution in [0.2, 0.25) is 0 Å². The van der Waals surface area contributed by atoms with Gasteiger partial charge in [0.25, 0.3) is 0 Å². The van der Waals surface area contributed by atoms with Crippen LogP contribution in [0, 0.1) is 5.92 Å². The van der Waals surface area contributed by atoms with Crippen LogP contribution in [0.25, 0.3) is 0 Å². The lowest BCUT2D eigenvalue weighted by Gasteiger charge is -2.49. The monoisotopic (exact) mass is 665 g/mol. The molecule has 0 saturated carbocycles. The van der Waals surface area contributed by atoms with Crippen molar-refractivity contribution in [2.24, 2.45) is 18.1 Å². The first-order chi connectivity index (χ1) is 21.2. The van der Waals surface area contributed by atoms with Gasteiger partial charge in [-0.2, -0.15) is 9.36 Å². The summed E-state index contributed by atoms with van der Waals surface area (Å²) in [5, 5.41) is 27.9. The number of rotatable bonds is 13. The average Bonchev–Trinajstić information content (AvgIpc) is 3.52. The molecule has 4 heterocycles. The minimum atomic E-state index is -1.79. The van der Waals surface area contributed by atoms with E-state index >= 15 is 0 Å². The number of fused-ring (bicyclic) bond motifs is 1. The SMILES string of the molecule is CCCNC(=O)Nc1c[n+](CC2=C(C(=O)O)N3C(=O)[C@H](CC(=O)/C(=N\OC(C)(C)C(=O)O)c4nsc(N)n4)C3SC2)n(C)c1N. The molecule has 0 spiro atoms. The van der Waals surface area contributed by atoms with Crippen LogP contribution in [0.3, 0.4) is 0 Å². The predicted octanol–water partition coefficient (Wildman–Crippen LogP) is -0.0267. The van der Waals surface area contributed by atoms with Crippen LogP contribution < -0.4 is 26.8 Å². The van der Waals surface area contributed by atoms with Gasteiger partial charge in [-0.1, -0.05) is 12.1 Å². The standard InChI is InChI=1S/C25H32N10O8S2/c1-5-6-28-24(42)29-13-9-34(33(4)17(13)26)8-11-10-44-20-12(19(37)35(20)16(11)21(38)39)7-14(36)15(18-30-23(27)45-32-18)31-43-25(2,3)22(40)41/h9,12,20,26H,5-8,10H2,1-4H3,(H6,27,28,29,30,32,38,39,40,41,42)/p+1/b31-15+/t12-,20?/m0/s1. The Labute approximate surface area is 264 Å². The summed E-state index contributed by atoms with van der Waals surface area (Å²) < 4.78 is 7.13. The number of aliphatic carboxylic acids is 2. The zero-order chi connectivity index (χ0) is 33.2. The molecule has 0 aliphatic carbocycles. The van der Waals surface area contributed by atoms with E-state index in [4.69, 9.17) is 16.3 Å². The summed E-state index contributed by atoms with van der Waals surface area (Å²) in [6.45, 7) is 4.91. The highest BCUT2D eigenvalue weighted by Crippen LogP contribution is 2.45. The number of nitrogens with two attached hydrogens (primary N) is 2. The second-order valence-electron chi connectivity index (χ2n) is 10.6. The Morgan fingerprint density at radius 1 is 1.27 bits per heavy atom. The number of nitrogens with zero attached hydrogens (tertiary/aromatic N) is 6. The van der Waals surface area contributed by atoms with Gasteiger partial charge in [-0.15, -0.1) is 21.1 Å². The topological polar surface area (TPSA) is 261 Å². The van der Waals surface area contributed by atoms with Crippen molar-refractivity contribution < 1.29 is 43.7 Å². The zero-order valence-electron chi connectivity index (χ0n) is 24.8. The van der Waals surface area contributed by atoms with E-state index in [9.17, 15) is 34.2 Å². The maximum Gasteiger partial charge on any atom is 0.352 e. The number of aromatic nitrogens is 4. The number of nitrogen functional groups attached to an aromatic ring is 2. The summed E-state index contributed by atoms with van der Waals surface area (Å²) in [5.74, 6) is -4.58. The Hall–Kier alpha value is -4.72. The number of carbonyl (C=O) groups is 5. The molecule has 18 nitrogen and oxygen atoms in total. The molecule has 3 amide bonds. The van der Waals surface area contributed by atoms with Gasteiger partial charge < -0.3 is 31.8 Å². The Balaban J connectivity index is 1.54. The number of anilines is 3. The largest absolute Gasteiger partial charge is 0.478 e. The number of carboxylic acids is 2. The lowest BCUT2D eigenvalue weighted by Crippen LogP contribution is -2.62. The van der Waals surface area contributed by atoms with E-state index in [1.165, 1.54) is 25.6 Å². The highest BCUT2D eigenvalue weighted by atomic mass is 32.2. The molecular weight excluding hydrogens is 632 g/mol. The molecule has 0 aromatic carbocycles. The molecule has 242 valence electrons. The van der Waals surface area contributed by atoms with Gasteiger partial charge in [-0.25, -0.2) is 14.4 Å². The molecule has 4 rings (SSSR count). The molecule has 0 radical (unpaired) electrons. The van der Waals surface area contributed by atoms with Crippen molar-refractivity contribution >= 4 is 75.3 Å². The summed E-state index contributed by atoms with van der Waals surface area (Å²) in [5.41, 5.74) is 10.2. The molecule has 0 bridgehead atoms. The maximum atomic E-state index is 13.4. The van der Waals surface area contributed by atoms with Crippen molar-refractivity contribution in [1.29, 1.82) is 0 Å². The predicted molar refractivity (Wildman–Crippen MR) is 162 cm³/mol. The smallest absolute Gasteiger partial charge is 0.352 e. The van der Waals surface area contributed by atoms with Crippen molar-refractivity contribution in [3.05, 3.63) is 23.3 Å². The molecule has 8 N–H and O–H groups in total. The van der Waals surface area contributed by atoms with Crippen molar-refractivity contribution in [3.63, 3.8) is 0 Å². The second-order valence-corrected chi connectivity index (χ2v) is 12.5. The van der Waals surface area contributed by atoms with Crippen LogP contribution in [0.5, 0.6) is 0 Å². The minimum absolute atomic E-state index is 0.0287. The Bertz CT molecular complexity index is 1610. The summed E-state index contributed by atoms with van der Waals surface area (Å²) in [6, 6.07) is -0.436. The number of carbonyl (C=O) groups excluding carboxylic acids is 3. The molecular formula is C25H33N10O8S2+. The third kappa shape index (κ3) is 6.85. The minimum Gasteiger partial charge on any atom is -0.478 e. The van der Waals surface area contributed by atoms with E-state index in [-0.39, 0.29) is 41.2 Å². The number of nitrogens with one attached hydrogen (secondary N) is 2. The van der Waals surface area contributed by atoms with Crippen LogP contribution in [-0.4, -0.2) is 87.8 Å². The highest BCUT2D eigenvalue weighted by Gasteiger charge is 2.54. The van der Waals surface area contributed by atoms with Crippen LogP contribution in [-0.2, 0) is 37.6 Å². The lowest BCUT2D eigenvalue weighted by atomic mass is 9.89. The normalized spacial score (nSPS) is 18.3. The molecule has 1 fully saturated rings. The van der Waals surface area contributed by atoms with Crippen molar-refractivity contribution in [1.82, 2.24) is 24.3 Å². The molecule has 1 saturated heterocycles. The van der Waals surface area contributed by atoms with E-state index in [0.717, 1.165) is 22.9 Å². The Morgan fingerprint density at radius 2 is 1.98 bits per heavy atom. The van der Waals surface area contributed by atoms with Crippen molar-refractivity contribution in [3.8, 4) is 0 Å². The Morgan fingerprint density at radius 3 is 2.58 bits per heavy atom. The molecule has 2 aliphatic heterocycles. The first kappa shape index (κ1) is 33.2. The van der Waals surface area contributed by atoms with Gasteiger partial charge in [-0.05, 0) is 20.3 Å². The second kappa shape index (κ2) is 13.1. The number of β-lactam (4-membered cyclic amide) rings is 1. The lowest BCUT2D eigenvalue weighted by molar-refractivity contribution is -0.765. The number of carboxylic acid groups (broad SMARTS) is 2. The fourth-order valence-corrected chi connectivity index (χ4v) is 6.28. The van der Waals surface area contributed by atoms with Crippen LogP contribution in [0.4, 0.5) is 21.4 Å². The van der Waals surface area contributed by atoms with Crippen molar-refractivity contribution in [2.45, 2.75) is 51.1 Å².